The number of amides is 1. The van der Waals surface area contributed by atoms with Crippen molar-refractivity contribution in [1.29, 1.82) is 5.41 Å². The molecule has 1 amide bonds. The molecule has 0 fully saturated rings. The highest BCUT2D eigenvalue weighted by Gasteiger charge is 2.30. The Labute approximate surface area is 163 Å². The molecule has 1 N–H and O–H groups in total. The van der Waals surface area contributed by atoms with Crippen LogP contribution >= 0.6 is 11.8 Å². The third kappa shape index (κ3) is 3.49. The Morgan fingerprint density at radius 1 is 1.14 bits per heavy atom. The van der Waals surface area contributed by atoms with E-state index in [9.17, 15) is 14.0 Å². The first-order valence-corrected chi connectivity index (χ1v) is 9.03. The van der Waals surface area contributed by atoms with Crippen molar-refractivity contribution in [2.75, 3.05) is 0 Å². The van der Waals surface area contributed by atoms with E-state index >= 15 is 0 Å². The van der Waals surface area contributed by atoms with Crippen LogP contribution in [0.15, 0.2) is 70.7 Å². The molecule has 8 heteroatoms. The van der Waals surface area contributed by atoms with Gasteiger partial charge < -0.3 is 4.74 Å². The number of thioether (sulfide) groups is 1. The Hall–Kier alpha value is -3.52. The highest BCUT2D eigenvalue weighted by Crippen LogP contribution is 2.27. The lowest BCUT2D eigenvalue weighted by atomic mass is 10.1. The van der Waals surface area contributed by atoms with E-state index in [1.54, 1.807) is 41.9 Å². The van der Waals surface area contributed by atoms with Gasteiger partial charge in [-0.2, -0.15) is 4.99 Å². The van der Waals surface area contributed by atoms with Crippen LogP contribution in [-0.4, -0.2) is 27.8 Å². The summed E-state index contributed by atoms with van der Waals surface area (Å²) in [4.78, 5) is 29.8. The normalized spacial score (nSPS) is 17.0. The molecule has 0 bridgehead atoms. The molecule has 138 valence electrons. The number of hydrogen-bond donors (Lipinski definition) is 1. The highest BCUT2D eigenvalue weighted by atomic mass is 32.2. The third-order valence-electron chi connectivity index (χ3n) is 3.99. The van der Waals surface area contributed by atoms with Crippen molar-refractivity contribution in [3.63, 3.8) is 0 Å². The molecule has 2 aromatic carbocycles. The number of carbonyl (C=O) groups is 2. The first-order valence-electron chi connectivity index (χ1n) is 8.15. The maximum Gasteiger partial charge on any atom is 0.343 e. The van der Waals surface area contributed by atoms with Crippen LogP contribution in [0.3, 0.4) is 0 Å². The summed E-state index contributed by atoms with van der Waals surface area (Å²) in [7, 11) is 0. The predicted molar refractivity (Wildman–Crippen MR) is 105 cm³/mol. The summed E-state index contributed by atoms with van der Waals surface area (Å²) in [5.41, 5.74) is 1.06. The maximum atomic E-state index is 12.9. The zero-order valence-corrected chi connectivity index (χ0v) is 15.1. The van der Waals surface area contributed by atoms with Crippen LogP contribution in [0.1, 0.15) is 15.9 Å². The van der Waals surface area contributed by atoms with Crippen molar-refractivity contribution in [3.05, 3.63) is 82.7 Å². The number of nitrogens with zero attached hydrogens (tertiary/aromatic N) is 2. The largest absolute Gasteiger partial charge is 0.423 e. The number of aliphatic imine (C=N–C) groups is 1. The molecule has 2 aliphatic rings. The molecule has 0 saturated heterocycles. The number of fused-ring (bicyclic) bond motifs is 1. The molecule has 28 heavy (non-hydrogen) atoms. The van der Waals surface area contributed by atoms with E-state index in [0.717, 1.165) is 0 Å². The molecule has 2 aliphatic heterocycles. The van der Waals surface area contributed by atoms with E-state index in [1.165, 1.54) is 40.9 Å². The minimum absolute atomic E-state index is 0.0584. The number of rotatable bonds is 3. The van der Waals surface area contributed by atoms with Crippen LogP contribution < -0.4 is 4.74 Å². The van der Waals surface area contributed by atoms with Gasteiger partial charge in [0.2, 0.25) is 0 Å². The Morgan fingerprint density at radius 3 is 2.57 bits per heavy atom. The second-order valence-corrected chi connectivity index (χ2v) is 6.72. The van der Waals surface area contributed by atoms with Gasteiger partial charge in [-0.1, -0.05) is 23.9 Å². The molecular formula is C20H12FN3O3S. The van der Waals surface area contributed by atoms with Gasteiger partial charge in [-0.3, -0.25) is 15.1 Å². The molecule has 2 aromatic rings. The molecule has 0 atom stereocenters. The molecular weight excluding hydrogens is 381 g/mol. The summed E-state index contributed by atoms with van der Waals surface area (Å²) >= 11 is 1.29. The predicted octanol–water partition coefficient (Wildman–Crippen LogP) is 3.82. The number of amidine groups is 2. The number of hydrogen-bond acceptors (Lipinski definition) is 5. The average Bonchev–Trinajstić information content (AvgIpc) is 3.15. The zero-order valence-electron chi connectivity index (χ0n) is 14.3. The number of benzene rings is 2. The number of esters is 1. The van der Waals surface area contributed by atoms with Crippen LogP contribution in [0, 0.1) is 11.2 Å². The Balaban J connectivity index is 1.50. The molecule has 6 nitrogen and oxygen atoms in total. The van der Waals surface area contributed by atoms with Gasteiger partial charge in [0, 0.05) is 6.20 Å². The van der Waals surface area contributed by atoms with E-state index in [-0.39, 0.29) is 17.0 Å². The van der Waals surface area contributed by atoms with Crippen molar-refractivity contribution < 1.29 is 18.7 Å². The second kappa shape index (κ2) is 7.24. The van der Waals surface area contributed by atoms with Crippen molar-refractivity contribution in [3.8, 4) is 5.75 Å². The van der Waals surface area contributed by atoms with E-state index in [0.29, 0.717) is 16.5 Å². The quantitative estimate of drug-likeness (QED) is 0.487. The first kappa shape index (κ1) is 17.9. The van der Waals surface area contributed by atoms with Crippen molar-refractivity contribution in [2.45, 2.75) is 0 Å². The zero-order chi connectivity index (χ0) is 19.7. The maximum absolute atomic E-state index is 12.9. The van der Waals surface area contributed by atoms with Gasteiger partial charge in [0.25, 0.3) is 5.91 Å². The van der Waals surface area contributed by atoms with Crippen LogP contribution in [-0.2, 0) is 4.79 Å². The summed E-state index contributed by atoms with van der Waals surface area (Å²) in [6.45, 7) is 0. The fraction of sp³-hybridized carbons (Fsp3) is 0. The first-order chi connectivity index (χ1) is 13.5. The minimum atomic E-state index is -0.601. The Morgan fingerprint density at radius 2 is 1.86 bits per heavy atom. The molecule has 0 spiro atoms. The standard InChI is InChI=1S/C20H12FN3O3S/c21-14-5-3-13(4-6-14)19(26)27-15-7-1-12(2-8-15)11-16-17(22)24-9-10-28-20(24)23-18(16)25/h1-11,22H. The summed E-state index contributed by atoms with van der Waals surface area (Å²) in [6.07, 6.45) is 3.25. The average molecular weight is 393 g/mol. The van der Waals surface area contributed by atoms with Gasteiger partial charge in [-0.05, 0) is 53.4 Å². The van der Waals surface area contributed by atoms with Crippen molar-refractivity contribution in [1.82, 2.24) is 4.90 Å². The lowest BCUT2D eigenvalue weighted by Gasteiger charge is -2.22. The molecule has 0 aromatic heterocycles. The van der Waals surface area contributed by atoms with Gasteiger partial charge in [0.1, 0.15) is 17.4 Å². The van der Waals surface area contributed by atoms with Crippen LogP contribution in [0.2, 0.25) is 0 Å². The number of ether oxygens (including phenoxy) is 1. The molecule has 0 unspecified atom stereocenters. The fourth-order valence-corrected chi connectivity index (χ4v) is 3.29. The summed E-state index contributed by atoms with van der Waals surface area (Å²) in [5.74, 6) is -1.14. The Bertz CT molecular complexity index is 1070. The lowest BCUT2D eigenvalue weighted by molar-refractivity contribution is -0.114. The van der Waals surface area contributed by atoms with Gasteiger partial charge >= 0.3 is 5.97 Å². The summed E-state index contributed by atoms with van der Waals surface area (Å²) in [5, 5.41) is 10.4. The SMILES string of the molecule is N=C1C(=Cc2ccc(OC(=O)c3ccc(F)cc3)cc2)C(=O)N=C2SC=CN12. The monoisotopic (exact) mass is 393 g/mol. The van der Waals surface area contributed by atoms with E-state index in [2.05, 4.69) is 4.99 Å². The van der Waals surface area contributed by atoms with E-state index in [4.69, 9.17) is 10.1 Å². The summed E-state index contributed by atoms with van der Waals surface area (Å²) in [6, 6.07) is 11.5. The molecule has 4 rings (SSSR count). The minimum Gasteiger partial charge on any atom is -0.423 e. The van der Waals surface area contributed by atoms with Gasteiger partial charge in [0.15, 0.2) is 5.17 Å². The number of carbonyl (C=O) groups excluding carboxylic acids is 2. The van der Waals surface area contributed by atoms with Gasteiger partial charge in [0.05, 0.1) is 11.1 Å². The smallest absolute Gasteiger partial charge is 0.343 e. The highest BCUT2D eigenvalue weighted by molar-refractivity contribution is 8.16. The van der Waals surface area contributed by atoms with Crippen LogP contribution in [0.4, 0.5) is 4.39 Å². The fourth-order valence-electron chi connectivity index (χ4n) is 2.58. The van der Waals surface area contributed by atoms with E-state index in [1.807, 2.05) is 0 Å². The molecule has 0 aliphatic carbocycles. The topological polar surface area (TPSA) is 82.8 Å². The number of halogens is 1. The molecule has 0 radical (unpaired) electrons. The second-order valence-electron chi connectivity index (χ2n) is 5.84. The third-order valence-corrected chi connectivity index (χ3v) is 4.75. The van der Waals surface area contributed by atoms with Crippen LogP contribution in [0.5, 0.6) is 5.75 Å². The molecule has 0 saturated carbocycles. The van der Waals surface area contributed by atoms with Gasteiger partial charge in [-0.25, -0.2) is 9.18 Å². The van der Waals surface area contributed by atoms with Crippen molar-refractivity contribution in [2.24, 2.45) is 4.99 Å². The lowest BCUT2D eigenvalue weighted by Crippen LogP contribution is -2.35. The van der Waals surface area contributed by atoms with Crippen molar-refractivity contribution >= 4 is 40.7 Å². The van der Waals surface area contributed by atoms with Gasteiger partial charge in [-0.15, -0.1) is 0 Å². The molecule has 2 heterocycles. The van der Waals surface area contributed by atoms with E-state index < -0.39 is 17.7 Å². The number of nitrogens with one attached hydrogen (secondary N) is 1. The summed E-state index contributed by atoms with van der Waals surface area (Å²) < 4.78 is 18.2. The Kier molecular flexibility index (Phi) is 4.62. The van der Waals surface area contributed by atoms with Crippen LogP contribution in [0.25, 0.3) is 6.08 Å².